The van der Waals surface area contributed by atoms with E-state index in [9.17, 15) is 14.4 Å². The summed E-state index contributed by atoms with van der Waals surface area (Å²) in [6.45, 7) is 4.49. The molecule has 0 unspecified atom stereocenters. The average Bonchev–Trinajstić information content (AvgIpc) is 3.02. The van der Waals surface area contributed by atoms with Crippen LogP contribution in [0.2, 0.25) is 0 Å². The van der Waals surface area contributed by atoms with E-state index in [-0.39, 0.29) is 5.91 Å². The molecule has 1 aromatic carbocycles. The van der Waals surface area contributed by atoms with Crippen molar-refractivity contribution in [2.75, 3.05) is 19.6 Å². The predicted molar refractivity (Wildman–Crippen MR) is 141 cm³/mol. The van der Waals surface area contributed by atoms with Crippen LogP contribution in [0.1, 0.15) is 47.6 Å². The van der Waals surface area contributed by atoms with Crippen LogP contribution in [0.25, 0.3) is 5.57 Å². The number of carbonyl (C=O) groups is 3. The SMILES string of the molecule is Cc1ccnc(C2=CN(CCCCN3C(=O)c4ccccc4OC=C3Cl)CCC2)n1.O=C(O)/C=C/C(=O)O. The lowest BCUT2D eigenvalue weighted by Crippen LogP contribution is -2.30. The highest BCUT2D eigenvalue weighted by molar-refractivity contribution is 6.30. The van der Waals surface area contributed by atoms with Crippen molar-refractivity contribution in [3.8, 4) is 5.75 Å². The number of rotatable bonds is 8. The Balaban J connectivity index is 0.000000436. The van der Waals surface area contributed by atoms with E-state index in [0.717, 1.165) is 50.3 Å². The number of amides is 1. The number of nitrogens with zero attached hydrogens (tertiary/aromatic N) is 4. The van der Waals surface area contributed by atoms with E-state index in [0.29, 0.717) is 35.2 Å². The number of aliphatic carboxylic acids is 2. The van der Waals surface area contributed by atoms with E-state index >= 15 is 0 Å². The van der Waals surface area contributed by atoms with Crippen molar-refractivity contribution >= 4 is 35.0 Å². The molecule has 0 atom stereocenters. The summed E-state index contributed by atoms with van der Waals surface area (Å²) in [5.74, 6) is -1.28. The Hall–Kier alpha value is -4.18. The smallest absolute Gasteiger partial charge is 0.328 e. The van der Waals surface area contributed by atoms with Gasteiger partial charge in [0.15, 0.2) is 5.82 Å². The zero-order valence-corrected chi connectivity index (χ0v) is 21.7. The molecule has 10 nitrogen and oxygen atoms in total. The van der Waals surface area contributed by atoms with E-state index in [4.69, 9.17) is 26.6 Å². The van der Waals surface area contributed by atoms with Gasteiger partial charge < -0.3 is 19.8 Å². The number of fused-ring (bicyclic) bond motifs is 1. The number of aromatic nitrogens is 2. The summed E-state index contributed by atoms with van der Waals surface area (Å²) in [5.41, 5.74) is 2.70. The topological polar surface area (TPSA) is 133 Å². The number of hydrogen-bond donors (Lipinski definition) is 2. The van der Waals surface area contributed by atoms with Gasteiger partial charge in [-0.25, -0.2) is 19.6 Å². The summed E-state index contributed by atoms with van der Waals surface area (Å²) < 4.78 is 5.54. The molecule has 38 heavy (non-hydrogen) atoms. The van der Waals surface area contributed by atoms with E-state index in [1.807, 2.05) is 31.3 Å². The van der Waals surface area contributed by atoms with Gasteiger partial charge in [-0.2, -0.15) is 0 Å². The quantitative estimate of drug-likeness (QED) is 0.286. The summed E-state index contributed by atoms with van der Waals surface area (Å²) >= 11 is 6.31. The van der Waals surface area contributed by atoms with Crippen molar-refractivity contribution in [2.45, 2.75) is 32.6 Å². The van der Waals surface area contributed by atoms with Gasteiger partial charge in [0.1, 0.15) is 17.2 Å². The van der Waals surface area contributed by atoms with Crippen LogP contribution in [0.15, 0.2) is 66.3 Å². The molecule has 0 radical (unpaired) electrons. The average molecular weight is 541 g/mol. The second-order valence-corrected chi connectivity index (χ2v) is 8.93. The number of benzene rings is 1. The number of carboxylic acids is 2. The van der Waals surface area contributed by atoms with Crippen molar-refractivity contribution in [1.82, 2.24) is 19.8 Å². The van der Waals surface area contributed by atoms with Gasteiger partial charge in [0.05, 0.1) is 5.56 Å². The molecule has 11 heteroatoms. The molecule has 0 aliphatic carbocycles. The summed E-state index contributed by atoms with van der Waals surface area (Å²) in [6.07, 6.45) is 10.4. The number of hydrogen-bond acceptors (Lipinski definition) is 7. The van der Waals surface area contributed by atoms with Crippen LogP contribution in [0.4, 0.5) is 0 Å². The van der Waals surface area contributed by atoms with E-state index in [1.165, 1.54) is 11.8 Å². The van der Waals surface area contributed by atoms with Crippen LogP contribution < -0.4 is 4.74 Å². The zero-order chi connectivity index (χ0) is 27.5. The third-order valence-corrected chi connectivity index (χ3v) is 5.95. The lowest BCUT2D eigenvalue weighted by atomic mass is 10.1. The number of carboxylic acid groups (broad SMARTS) is 2. The minimum absolute atomic E-state index is 0.124. The Bertz CT molecular complexity index is 1240. The number of aryl methyl sites for hydroxylation is 1. The van der Waals surface area contributed by atoms with Gasteiger partial charge in [-0.3, -0.25) is 9.69 Å². The van der Waals surface area contributed by atoms with Crippen LogP contribution in [-0.2, 0) is 9.59 Å². The van der Waals surface area contributed by atoms with Crippen molar-refractivity contribution in [1.29, 1.82) is 0 Å². The third kappa shape index (κ3) is 8.45. The number of ether oxygens (including phenoxy) is 1. The summed E-state index contributed by atoms with van der Waals surface area (Å²) in [6, 6.07) is 9.12. The van der Waals surface area contributed by atoms with Gasteiger partial charge in [-0.1, -0.05) is 23.7 Å². The van der Waals surface area contributed by atoms with Gasteiger partial charge in [-0.05, 0) is 50.8 Å². The molecule has 0 spiro atoms. The Morgan fingerprint density at radius 2 is 1.82 bits per heavy atom. The highest BCUT2D eigenvalue weighted by atomic mass is 35.5. The fourth-order valence-electron chi connectivity index (χ4n) is 3.87. The van der Waals surface area contributed by atoms with Crippen molar-refractivity contribution in [2.24, 2.45) is 0 Å². The van der Waals surface area contributed by atoms with Crippen LogP contribution in [0.3, 0.4) is 0 Å². The molecule has 2 aromatic rings. The van der Waals surface area contributed by atoms with Crippen molar-refractivity contribution < 1.29 is 29.3 Å². The Morgan fingerprint density at radius 3 is 2.53 bits per heavy atom. The molecule has 1 amide bonds. The Labute approximate surface area is 225 Å². The maximum atomic E-state index is 12.9. The lowest BCUT2D eigenvalue weighted by Gasteiger charge is -2.27. The molecule has 0 saturated heterocycles. The highest BCUT2D eigenvalue weighted by Crippen LogP contribution is 2.27. The normalized spacial score (nSPS) is 14.9. The summed E-state index contributed by atoms with van der Waals surface area (Å²) in [7, 11) is 0. The number of unbranched alkanes of at least 4 members (excludes halogenated alkanes) is 1. The predicted octanol–water partition coefficient (Wildman–Crippen LogP) is 4.29. The standard InChI is InChI=1S/C23H25ClN4O2.C4H4O4/c1-17-10-11-25-22(26-17)18-7-6-13-27(15-18)12-4-5-14-28-21(24)16-30-20-9-3-2-8-19(20)23(28)29;5-3(6)1-2-4(7)8/h2-3,8-11,15-16H,4-7,12-14H2,1H3;1-2H,(H,5,6)(H,7,8)/b;2-1+. The zero-order valence-electron chi connectivity index (χ0n) is 20.9. The molecular weight excluding hydrogens is 512 g/mol. The number of halogens is 1. The Kier molecular flexibility index (Phi) is 10.4. The van der Waals surface area contributed by atoms with Crippen molar-refractivity contribution in [3.63, 3.8) is 0 Å². The Morgan fingerprint density at radius 1 is 1.11 bits per heavy atom. The molecule has 3 heterocycles. The van der Waals surface area contributed by atoms with Crippen LogP contribution >= 0.6 is 11.6 Å². The van der Waals surface area contributed by atoms with Gasteiger partial charge in [0.25, 0.3) is 5.91 Å². The maximum absolute atomic E-state index is 12.9. The van der Waals surface area contributed by atoms with Crippen molar-refractivity contribution in [3.05, 3.63) is 83.4 Å². The molecule has 1 aromatic heterocycles. The van der Waals surface area contributed by atoms with Gasteiger partial charge in [0.2, 0.25) is 0 Å². The number of carbonyl (C=O) groups excluding carboxylic acids is 1. The van der Waals surface area contributed by atoms with E-state index < -0.39 is 11.9 Å². The molecule has 2 aliphatic heterocycles. The minimum Gasteiger partial charge on any atom is -0.478 e. The highest BCUT2D eigenvalue weighted by Gasteiger charge is 2.25. The van der Waals surface area contributed by atoms with E-state index in [2.05, 4.69) is 21.1 Å². The minimum atomic E-state index is -1.26. The third-order valence-electron chi connectivity index (χ3n) is 5.66. The first-order valence-corrected chi connectivity index (χ1v) is 12.4. The molecular formula is C27H29ClN4O6. The second-order valence-electron chi connectivity index (χ2n) is 8.54. The molecule has 0 bridgehead atoms. The lowest BCUT2D eigenvalue weighted by molar-refractivity contribution is -0.134. The van der Waals surface area contributed by atoms with Crippen LogP contribution in [-0.4, -0.2) is 67.5 Å². The first-order chi connectivity index (χ1) is 18.2. The fourth-order valence-corrected chi connectivity index (χ4v) is 4.08. The van der Waals surface area contributed by atoms with Crippen LogP contribution in [0, 0.1) is 6.92 Å². The number of allylic oxidation sites excluding steroid dienone is 1. The molecule has 4 rings (SSSR count). The maximum Gasteiger partial charge on any atom is 0.328 e. The molecule has 2 aliphatic rings. The molecule has 0 fully saturated rings. The fraction of sp³-hybridized carbons (Fsp3) is 0.296. The van der Waals surface area contributed by atoms with Crippen LogP contribution in [0.5, 0.6) is 5.75 Å². The summed E-state index contributed by atoms with van der Waals surface area (Å²) in [4.78, 5) is 44.8. The monoisotopic (exact) mass is 540 g/mol. The molecule has 2 N–H and O–H groups in total. The number of para-hydroxylation sites is 1. The van der Waals surface area contributed by atoms with Gasteiger partial charge in [0, 0.05) is 55.5 Å². The largest absolute Gasteiger partial charge is 0.478 e. The second kappa shape index (κ2) is 13.9. The summed E-state index contributed by atoms with van der Waals surface area (Å²) in [5, 5.41) is 15.9. The molecule has 0 saturated carbocycles. The first kappa shape index (κ1) is 28.4. The van der Waals surface area contributed by atoms with Gasteiger partial charge >= 0.3 is 11.9 Å². The van der Waals surface area contributed by atoms with E-state index in [1.54, 1.807) is 17.0 Å². The van der Waals surface area contributed by atoms with Gasteiger partial charge in [-0.15, -0.1) is 0 Å². The first-order valence-electron chi connectivity index (χ1n) is 12.1. The molecule has 200 valence electrons.